The highest BCUT2D eigenvalue weighted by Gasteiger charge is 2.21. The number of hydrogen-bond donors (Lipinski definition) is 1. The van der Waals surface area contributed by atoms with Crippen LogP contribution in [0.2, 0.25) is 0 Å². The molecule has 0 radical (unpaired) electrons. The highest BCUT2D eigenvalue weighted by molar-refractivity contribution is 5.32. The van der Waals surface area contributed by atoms with Gasteiger partial charge >= 0.3 is 0 Å². The summed E-state index contributed by atoms with van der Waals surface area (Å²) in [5.74, 6) is 0.957. The first-order chi connectivity index (χ1) is 9.70. The second-order valence-electron chi connectivity index (χ2n) is 6.17. The van der Waals surface area contributed by atoms with E-state index in [2.05, 4.69) is 44.3 Å². The van der Waals surface area contributed by atoms with Crippen LogP contribution in [0.15, 0.2) is 18.2 Å². The van der Waals surface area contributed by atoms with Crippen molar-refractivity contribution in [3.05, 3.63) is 34.9 Å². The molecule has 112 valence electrons. The van der Waals surface area contributed by atoms with Crippen molar-refractivity contribution in [1.82, 2.24) is 5.32 Å². The second kappa shape index (κ2) is 7.80. The average Bonchev–Trinajstić information content (AvgIpc) is 3.23. The standard InChI is InChI=1S/C18H29NO/c1-4-10-19-18(13-20-11-9-16-6-7-16)17-8-5-14(2)12-15(17)3/h5,8,12,16,18-19H,4,6-7,9-11,13H2,1-3H3. The molecule has 2 heteroatoms. The first-order valence-electron chi connectivity index (χ1n) is 8.09. The maximum Gasteiger partial charge on any atom is 0.0661 e. The summed E-state index contributed by atoms with van der Waals surface area (Å²) in [4.78, 5) is 0. The van der Waals surface area contributed by atoms with Crippen molar-refractivity contribution >= 4 is 0 Å². The Bertz CT molecular complexity index is 412. The van der Waals surface area contributed by atoms with E-state index in [-0.39, 0.29) is 0 Å². The summed E-state index contributed by atoms with van der Waals surface area (Å²) in [5.41, 5.74) is 4.08. The van der Waals surface area contributed by atoms with Gasteiger partial charge in [0.15, 0.2) is 0 Å². The minimum Gasteiger partial charge on any atom is -0.379 e. The van der Waals surface area contributed by atoms with Crippen LogP contribution >= 0.6 is 0 Å². The summed E-state index contributed by atoms with van der Waals surface area (Å²) in [6, 6.07) is 7.05. The fraction of sp³-hybridized carbons (Fsp3) is 0.667. The third-order valence-corrected chi connectivity index (χ3v) is 4.09. The molecule has 1 unspecified atom stereocenters. The van der Waals surface area contributed by atoms with Gasteiger partial charge in [0.25, 0.3) is 0 Å². The monoisotopic (exact) mass is 275 g/mol. The van der Waals surface area contributed by atoms with Crippen LogP contribution in [0.5, 0.6) is 0 Å². The lowest BCUT2D eigenvalue weighted by atomic mass is 9.99. The Morgan fingerprint density at radius 1 is 1.30 bits per heavy atom. The van der Waals surface area contributed by atoms with E-state index in [1.807, 2.05) is 0 Å². The van der Waals surface area contributed by atoms with E-state index >= 15 is 0 Å². The number of ether oxygens (including phenoxy) is 1. The third-order valence-electron chi connectivity index (χ3n) is 4.09. The van der Waals surface area contributed by atoms with Gasteiger partial charge in [-0.1, -0.05) is 43.5 Å². The minimum absolute atomic E-state index is 0.328. The number of benzene rings is 1. The lowest BCUT2D eigenvalue weighted by Crippen LogP contribution is -2.27. The molecule has 1 aromatic carbocycles. The average molecular weight is 275 g/mol. The Morgan fingerprint density at radius 3 is 2.75 bits per heavy atom. The van der Waals surface area contributed by atoms with Crippen molar-refractivity contribution in [2.24, 2.45) is 5.92 Å². The van der Waals surface area contributed by atoms with Gasteiger partial charge in [0.05, 0.1) is 12.6 Å². The van der Waals surface area contributed by atoms with Gasteiger partial charge < -0.3 is 10.1 Å². The molecule has 0 aliphatic heterocycles. The lowest BCUT2D eigenvalue weighted by molar-refractivity contribution is 0.106. The summed E-state index contributed by atoms with van der Waals surface area (Å²) in [7, 11) is 0. The molecule has 1 aliphatic rings. The Hall–Kier alpha value is -0.860. The number of aryl methyl sites for hydroxylation is 2. The lowest BCUT2D eigenvalue weighted by Gasteiger charge is -2.21. The normalized spacial score (nSPS) is 16.4. The van der Waals surface area contributed by atoms with Crippen LogP contribution in [0.1, 0.15) is 55.3 Å². The molecule has 2 nitrogen and oxygen atoms in total. The van der Waals surface area contributed by atoms with Crippen LogP contribution in [0.4, 0.5) is 0 Å². The van der Waals surface area contributed by atoms with Crippen LogP contribution < -0.4 is 5.32 Å². The van der Waals surface area contributed by atoms with E-state index in [9.17, 15) is 0 Å². The predicted molar refractivity (Wildman–Crippen MR) is 85.1 cm³/mol. The van der Waals surface area contributed by atoms with Crippen molar-refractivity contribution in [2.45, 2.75) is 52.5 Å². The zero-order valence-corrected chi connectivity index (χ0v) is 13.2. The summed E-state index contributed by atoms with van der Waals surface area (Å²) >= 11 is 0. The van der Waals surface area contributed by atoms with Gasteiger partial charge in [-0.3, -0.25) is 0 Å². The molecule has 2 rings (SSSR count). The molecule has 1 aliphatic carbocycles. The summed E-state index contributed by atoms with van der Waals surface area (Å²) < 4.78 is 5.92. The van der Waals surface area contributed by atoms with E-state index in [4.69, 9.17) is 4.74 Å². The molecule has 1 N–H and O–H groups in total. The molecule has 0 amide bonds. The molecule has 1 atom stereocenters. The van der Waals surface area contributed by atoms with Gasteiger partial charge in [0.2, 0.25) is 0 Å². The van der Waals surface area contributed by atoms with Gasteiger partial charge in [0, 0.05) is 6.61 Å². The maximum atomic E-state index is 5.92. The summed E-state index contributed by atoms with van der Waals surface area (Å²) in [6.45, 7) is 9.31. The second-order valence-corrected chi connectivity index (χ2v) is 6.17. The van der Waals surface area contributed by atoms with Crippen LogP contribution in [0, 0.1) is 19.8 Å². The smallest absolute Gasteiger partial charge is 0.0661 e. The SMILES string of the molecule is CCCNC(COCCC1CC1)c1ccc(C)cc1C. The van der Waals surface area contributed by atoms with Crippen LogP contribution in [-0.4, -0.2) is 19.8 Å². The molecule has 0 saturated heterocycles. The van der Waals surface area contributed by atoms with E-state index < -0.39 is 0 Å². The molecule has 1 fully saturated rings. The molecular formula is C18H29NO. The van der Waals surface area contributed by atoms with Crippen molar-refractivity contribution < 1.29 is 4.74 Å². The third kappa shape index (κ3) is 4.92. The summed E-state index contributed by atoms with van der Waals surface area (Å²) in [6.07, 6.45) is 5.23. The Balaban J connectivity index is 1.89. The Labute approximate surface area is 123 Å². The molecule has 0 bridgehead atoms. The Morgan fingerprint density at radius 2 is 2.10 bits per heavy atom. The first kappa shape index (κ1) is 15.5. The fourth-order valence-corrected chi connectivity index (χ4v) is 2.65. The summed E-state index contributed by atoms with van der Waals surface area (Å²) in [5, 5.41) is 3.62. The number of hydrogen-bond acceptors (Lipinski definition) is 2. The molecule has 1 aromatic rings. The van der Waals surface area contributed by atoms with E-state index in [1.165, 1.54) is 36.0 Å². The highest BCUT2D eigenvalue weighted by atomic mass is 16.5. The van der Waals surface area contributed by atoms with Gasteiger partial charge in [-0.05, 0) is 50.3 Å². The van der Waals surface area contributed by atoms with E-state index in [0.717, 1.165) is 32.1 Å². The molecule has 0 spiro atoms. The first-order valence-corrected chi connectivity index (χ1v) is 8.09. The van der Waals surface area contributed by atoms with Gasteiger partial charge in [-0.25, -0.2) is 0 Å². The zero-order chi connectivity index (χ0) is 14.4. The van der Waals surface area contributed by atoms with Crippen molar-refractivity contribution in [3.63, 3.8) is 0 Å². The molecule has 0 aromatic heterocycles. The molecule has 20 heavy (non-hydrogen) atoms. The Kier molecular flexibility index (Phi) is 6.06. The maximum absolute atomic E-state index is 5.92. The van der Waals surface area contributed by atoms with Gasteiger partial charge in [-0.15, -0.1) is 0 Å². The van der Waals surface area contributed by atoms with E-state index in [1.54, 1.807) is 0 Å². The van der Waals surface area contributed by atoms with Gasteiger partial charge in [-0.2, -0.15) is 0 Å². The molecule has 1 saturated carbocycles. The quantitative estimate of drug-likeness (QED) is 0.683. The largest absolute Gasteiger partial charge is 0.379 e. The number of nitrogens with one attached hydrogen (secondary N) is 1. The predicted octanol–water partition coefficient (Wildman–Crippen LogP) is 4.16. The number of rotatable bonds is 9. The van der Waals surface area contributed by atoms with E-state index in [0.29, 0.717) is 6.04 Å². The van der Waals surface area contributed by atoms with Crippen LogP contribution in [0.3, 0.4) is 0 Å². The van der Waals surface area contributed by atoms with Crippen molar-refractivity contribution in [1.29, 1.82) is 0 Å². The minimum atomic E-state index is 0.328. The van der Waals surface area contributed by atoms with Gasteiger partial charge in [0.1, 0.15) is 0 Å². The highest BCUT2D eigenvalue weighted by Crippen LogP contribution is 2.32. The molecular weight excluding hydrogens is 246 g/mol. The zero-order valence-electron chi connectivity index (χ0n) is 13.2. The molecule has 0 heterocycles. The topological polar surface area (TPSA) is 21.3 Å². The fourth-order valence-electron chi connectivity index (χ4n) is 2.65. The van der Waals surface area contributed by atoms with Crippen molar-refractivity contribution in [2.75, 3.05) is 19.8 Å². The van der Waals surface area contributed by atoms with Crippen LogP contribution in [0.25, 0.3) is 0 Å². The van der Waals surface area contributed by atoms with Crippen LogP contribution in [-0.2, 0) is 4.74 Å². The van der Waals surface area contributed by atoms with Crippen molar-refractivity contribution in [3.8, 4) is 0 Å².